The lowest BCUT2D eigenvalue weighted by Crippen LogP contribution is -2.46. The van der Waals surface area contributed by atoms with Crippen molar-refractivity contribution in [2.24, 2.45) is 0 Å². The average Bonchev–Trinajstić information content (AvgIpc) is 3.00. The number of para-hydroxylation sites is 1. The minimum atomic E-state index is -4.62. The molecule has 0 aliphatic carbocycles. The van der Waals surface area contributed by atoms with Crippen LogP contribution < -0.4 is 4.90 Å². The second kappa shape index (κ2) is 7.57. The maximum absolute atomic E-state index is 12.9. The first-order valence-corrected chi connectivity index (χ1v) is 10.4. The summed E-state index contributed by atoms with van der Waals surface area (Å²) >= 11 is 7.48. The van der Waals surface area contributed by atoms with Gasteiger partial charge in [-0.1, -0.05) is 23.7 Å². The van der Waals surface area contributed by atoms with Crippen LogP contribution in [0.15, 0.2) is 41.3 Å². The molecule has 2 heterocycles. The van der Waals surface area contributed by atoms with E-state index in [0.717, 1.165) is 24.0 Å². The number of hydrogen-bond acceptors (Lipinski definition) is 5. The molecular formula is C16H17ClF2N2O2S2. The molecule has 1 aliphatic heterocycles. The summed E-state index contributed by atoms with van der Waals surface area (Å²) in [5, 5.41) is 0. The molecule has 1 aromatic carbocycles. The molecule has 0 bridgehead atoms. The predicted octanol–water partition coefficient (Wildman–Crippen LogP) is 3.72. The summed E-state index contributed by atoms with van der Waals surface area (Å²) in [7, 11) is -4.62. The summed E-state index contributed by atoms with van der Waals surface area (Å²) in [6.45, 7) is 3.38. The molecule has 1 aliphatic rings. The largest absolute Gasteiger partial charge is 0.368 e. The van der Waals surface area contributed by atoms with E-state index < -0.39 is 15.6 Å². The summed E-state index contributed by atoms with van der Waals surface area (Å²) in [4.78, 5) is 4.96. The van der Waals surface area contributed by atoms with Crippen LogP contribution in [0.3, 0.4) is 0 Å². The molecule has 136 valence electrons. The first-order valence-electron chi connectivity index (χ1n) is 7.70. The minimum absolute atomic E-state index is 0.302. The monoisotopic (exact) mass is 406 g/mol. The van der Waals surface area contributed by atoms with Gasteiger partial charge in [-0.25, -0.2) is 8.42 Å². The van der Waals surface area contributed by atoms with Crippen LogP contribution in [-0.4, -0.2) is 45.3 Å². The van der Waals surface area contributed by atoms with Gasteiger partial charge in [-0.3, -0.25) is 4.90 Å². The molecule has 1 aromatic heterocycles. The number of alkyl halides is 2. The summed E-state index contributed by atoms with van der Waals surface area (Å²) in [5.41, 5.74) is 0.349. The van der Waals surface area contributed by atoms with Crippen LogP contribution in [0.4, 0.5) is 14.5 Å². The maximum Gasteiger partial charge on any atom is 0.341 e. The van der Waals surface area contributed by atoms with E-state index in [1.54, 1.807) is 12.1 Å². The van der Waals surface area contributed by atoms with E-state index in [1.807, 2.05) is 17.0 Å². The standard InChI is InChI=1S/C16H17ClF2N2O2S2/c17-15-6-5-12(24-15)11-20-7-9-21(10-8-20)13-3-1-2-4-14(13)25(22,23)16(18)19/h1-6,16H,7-11H2. The molecule has 4 nitrogen and oxygen atoms in total. The van der Waals surface area contributed by atoms with Crippen molar-refractivity contribution >= 4 is 38.5 Å². The van der Waals surface area contributed by atoms with Gasteiger partial charge in [0.15, 0.2) is 0 Å². The van der Waals surface area contributed by atoms with Gasteiger partial charge in [-0.15, -0.1) is 11.3 Å². The lowest BCUT2D eigenvalue weighted by atomic mass is 10.2. The van der Waals surface area contributed by atoms with Crippen molar-refractivity contribution in [2.75, 3.05) is 31.1 Å². The van der Waals surface area contributed by atoms with E-state index >= 15 is 0 Å². The van der Waals surface area contributed by atoms with Gasteiger partial charge in [0.05, 0.1) is 14.9 Å². The van der Waals surface area contributed by atoms with Gasteiger partial charge in [0.2, 0.25) is 9.84 Å². The maximum atomic E-state index is 12.9. The number of nitrogens with zero attached hydrogens (tertiary/aromatic N) is 2. The van der Waals surface area contributed by atoms with Gasteiger partial charge in [0, 0.05) is 37.6 Å². The second-order valence-corrected chi connectivity index (χ2v) is 9.43. The molecule has 0 amide bonds. The molecule has 0 unspecified atom stereocenters. The lowest BCUT2D eigenvalue weighted by Gasteiger charge is -2.36. The number of hydrogen-bond donors (Lipinski definition) is 0. The van der Waals surface area contributed by atoms with Crippen molar-refractivity contribution in [3.63, 3.8) is 0 Å². The van der Waals surface area contributed by atoms with E-state index in [-0.39, 0.29) is 4.90 Å². The van der Waals surface area contributed by atoms with Crippen molar-refractivity contribution in [1.29, 1.82) is 0 Å². The van der Waals surface area contributed by atoms with E-state index in [2.05, 4.69) is 4.90 Å². The molecule has 0 saturated carbocycles. The van der Waals surface area contributed by atoms with E-state index in [4.69, 9.17) is 11.6 Å². The zero-order valence-electron chi connectivity index (χ0n) is 13.2. The van der Waals surface area contributed by atoms with Crippen LogP contribution in [0.1, 0.15) is 4.88 Å². The molecule has 0 radical (unpaired) electrons. The van der Waals surface area contributed by atoms with Gasteiger partial charge in [0.1, 0.15) is 0 Å². The Morgan fingerprint density at radius 2 is 1.76 bits per heavy atom. The third-order valence-electron chi connectivity index (χ3n) is 4.13. The van der Waals surface area contributed by atoms with Crippen LogP contribution in [0.2, 0.25) is 4.34 Å². The van der Waals surface area contributed by atoms with Crippen LogP contribution in [0.25, 0.3) is 0 Å². The van der Waals surface area contributed by atoms with E-state index in [0.29, 0.717) is 18.8 Å². The minimum Gasteiger partial charge on any atom is -0.368 e. The van der Waals surface area contributed by atoms with Crippen LogP contribution in [0, 0.1) is 0 Å². The summed E-state index contributed by atoms with van der Waals surface area (Å²) in [6, 6.07) is 9.82. The Balaban J connectivity index is 1.71. The Labute approximate surface area is 154 Å². The van der Waals surface area contributed by atoms with E-state index in [1.165, 1.54) is 28.3 Å². The zero-order chi connectivity index (χ0) is 18.0. The molecule has 25 heavy (non-hydrogen) atoms. The fourth-order valence-corrected chi connectivity index (χ4v) is 4.94. The summed E-state index contributed by atoms with van der Waals surface area (Å²) in [5.74, 6) is -3.42. The number of anilines is 1. The fraction of sp³-hybridized carbons (Fsp3) is 0.375. The van der Waals surface area contributed by atoms with Crippen molar-refractivity contribution in [1.82, 2.24) is 4.90 Å². The summed E-state index contributed by atoms with van der Waals surface area (Å²) < 4.78 is 50.4. The SMILES string of the molecule is O=S(=O)(c1ccccc1N1CCN(Cc2ccc(Cl)s2)CC1)C(F)F. The molecule has 0 N–H and O–H groups in total. The van der Waals surface area contributed by atoms with Gasteiger partial charge >= 0.3 is 5.76 Å². The van der Waals surface area contributed by atoms with Gasteiger partial charge in [-0.05, 0) is 24.3 Å². The number of sulfone groups is 1. The second-order valence-electron chi connectivity index (χ2n) is 5.74. The highest BCUT2D eigenvalue weighted by Gasteiger charge is 2.31. The predicted molar refractivity (Wildman–Crippen MR) is 96.5 cm³/mol. The van der Waals surface area contributed by atoms with Gasteiger partial charge in [0.25, 0.3) is 0 Å². The van der Waals surface area contributed by atoms with Crippen molar-refractivity contribution in [3.8, 4) is 0 Å². The van der Waals surface area contributed by atoms with Crippen LogP contribution in [0.5, 0.6) is 0 Å². The number of halogens is 3. The third-order valence-corrected chi connectivity index (χ3v) is 6.77. The average molecular weight is 407 g/mol. The first-order chi connectivity index (χ1) is 11.9. The number of benzene rings is 1. The van der Waals surface area contributed by atoms with Crippen molar-refractivity contribution in [3.05, 3.63) is 45.6 Å². The quantitative estimate of drug-likeness (QED) is 0.758. The Kier molecular flexibility index (Phi) is 5.62. The lowest BCUT2D eigenvalue weighted by molar-refractivity contribution is 0.234. The first kappa shape index (κ1) is 18.6. The molecule has 0 atom stereocenters. The summed E-state index contributed by atoms with van der Waals surface area (Å²) in [6.07, 6.45) is 0. The highest BCUT2D eigenvalue weighted by Crippen LogP contribution is 2.30. The topological polar surface area (TPSA) is 40.6 Å². The van der Waals surface area contributed by atoms with Gasteiger partial charge in [-0.2, -0.15) is 8.78 Å². The molecule has 2 aromatic rings. The number of thiophene rings is 1. The highest BCUT2D eigenvalue weighted by atomic mass is 35.5. The molecule has 0 spiro atoms. The normalized spacial score (nSPS) is 16.6. The fourth-order valence-electron chi connectivity index (χ4n) is 2.86. The van der Waals surface area contributed by atoms with Crippen molar-refractivity contribution < 1.29 is 17.2 Å². The van der Waals surface area contributed by atoms with Gasteiger partial charge < -0.3 is 4.90 Å². The Bertz CT molecular complexity index is 834. The Hall–Kier alpha value is -1.22. The van der Waals surface area contributed by atoms with E-state index in [9.17, 15) is 17.2 Å². The smallest absolute Gasteiger partial charge is 0.341 e. The Morgan fingerprint density at radius 1 is 1.08 bits per heavy atom. The zero-order valence-corrected chi connectivity index (χ0v) is 15.6. The number of rotatable bonds is 5. The third kappa shape index (κ3) is 4.13. The van der Waals surface area contributed by atoms with Crippen LogP contribution in [-0.2, 0) is 16.4 Å². The van der Waals surface area contributed by atoms with Crippen LogP contribution >= 0.6 is 22.9 Å². The molecule has 9 heteroatoms. The molecule has 1 saturated heterocycles. The molecular weight excluding hydrogens is 390 g/mol. The highest BCUT2D eigenvalue weighted by molar-refractivity contribution is 7.91. The Morgan fingerprint density at radius 3 is 2.36 bits per heavy atom. The molecule has 1 fully saturated rings. The van der Waals surface area contributed by atoms with Crippen molar-refractivity contribution in [2.45, 2.75) is 17.2 Å². The molecule has 3 rings (SSSR count). The number of piperazine rings is 1.